The van der Waals surface area contributed by atoms with Crippen molar-refractivity contribution in [3.8, 4) is 0 Å². The molecule has 4 unspecified atom stereocenters. The van der Waals surface area contributed by atoms with Crippen LogP contribution in [0.1, 0.15) is 6.42 Å². The Balaban J connectivity index is 1.61. The van der Waals surface area contributed by atoms with Gasteiger partial charge in [-0.3, -0.25) is 14.4 Å². The zero-order valence-corrected chi connectivity index (χ0v) is 13.2. The number of anilines is 1. The number of rotatable bonds is 1. The van der Waals surface area contributed by atoms with Gasteiger partial charge in [0.25, 0.3) is 0 Å². The normalized spacial score (nSPS) is 31.6. The van der Waals surface area contributed by atoms with E-state index in [2.05, 4.69) is 12.2 Å². The van der Waals surface area contributed by atoms with Crippen molar-refractivity contribution in [1.29, 1.82) is 0 Å². The van der Waals surface area contributed by atoms with Crippen molar-refractivity contribution in [2.45, 2.75) is 6.42 Å². The molecule has 1 saturated carbocycles. The first-order valence-electron chi connectivity index (χ1n) is 7.72. The van der Waals surface area contributed by atoms with Crippen LogP contribution in [0, 0.1) is 23.7 Å². The number of carbonyl (C=O) groups excluding carboxylic acids is 2. The van der Waals surface area contributed by atoms with Crippen molar-refractivity contribution in [2.75, 3.05) is 4.90 Å². The highest BCUT2D eigenvalue weighted by Gasteiger charge is 2.59. The van der Waals surface area contributed by atoms with Crippen LogP contribution < -0.4 is 9.77 Å². The van der Waals surface area contributed by atoms with Crippen LogP contribution in [0.3, 0.4) is 0 Å². The minimum Gasteiger partial charge on any atom is -0.302 e. The van der Waals surface area contributed by atoms with Gasteiger partial charge in [-0.1, -0.05) is 23.5 Å². The van der Waals surface area contributed by atoms with Crippen LogP contribution in [0.4, 0.5) is 5.69 Å². The second-order valence-electron chi connectivity index (χ2n) is 6.59. The summed E-state index contributed by atoms with van der Waals surface area (Å²) in [5.74, 6) is -0.129. The molecule has 2 heterocycles. The summed E-state index contributed by atoms with van der Waals surface area (Å²) in [6, 6.07) is 5.36. The summed E-state index contributed by atoms with van der Waals surface area (Å²) < 4.78 is 2.38. The molecule has 1 saturated heterocycles. The molecule has 0 spiro atoms. The fourth-order valence-corrected chi connectivity index (χ4v) is 5.33. The number of fused-ring (bicyclic) bond motifs is 6. The van der Waals surface area contributed by atoms with Gasteiger partial charge < -0.3 is 4.57 Å². The summed E-state index contributed by atoms with van der Waals surface area (Å²) in [7, 11) is 1.72. The summed E-state index contributed by atoms with van der Waals surface area (Å²) in [4.78, 5) is 38.7. The van der Waals surface area contributed by atoms with Gasteiger partial charge in [-0.25, -0.2) is 4.90 Å². The van der Waals surface area contributed by atoms with Crippen LogP contribution in [-0.4, -0.2) is 16.4 Å². The van der Waals surface area contributed by atoms with Crippen LogP contribution in [0.2, 0.25) is 0 Å². The molecule has 2 amide bonds. The third-order valence-corrected chi connectivity index (χ3v) is 6.50. The number of nitrogens with zero attached hydrogens (tertiary/aromatic N) is 2. The van der Waals surface area contributed by atoms with Crippen molar-refractivity contribution in [3.05, 3.63) is 40.0 Å². The standard InChI is InChI=1S/C17H14N2O3S/c1-18-11-5-4-10(7-12(11)23-17(18)22)19-15(20)13-8-2-3-9(6-8)14(13)16(19)21/h2-5,7-9,13-14H,6H2,1H3. The Kier molecular flexibility index (Phi) is 2.42. The smallest absolute Gasteiger partial charge is 0.302 e. The molecular weight excluding hydrogens is 312 g/mol. The summed E-state index contributed by atoms with van der Waals surface area (Å²) in [6.07, 6.45) is 5.11. The van der Waals surface area contributed by atoms with Gasteiger partial charge in [0.15, 0.2) is 0 Å². The summed E-state index contributed by atoms with van der Waals surface area (Å²) in [5.41, 5.74) is 1.41. The van der Waals surface area contributed by atoms with Crippen LogP contribution in [0.15, 0.2) is 35.1 Å². The summed E-state index contributed by atoms with van der Waals surface area (Å²) >= 11 is 1.13. The van der Waals surface area contributed by atoms with Crippen molar-refractivity contribution in [1.82, 2.24) is 4.57 Å². The van der Waals surface area contributed by atoms with Gasteiger partial charge in [0, 0.05) is 7.05 Å². The molecule has 116 valence electrons. The van der Waals surface area contributed by atoms with Crippen LogP contribution >= 0.6 is 11.3 Å². The van der Waals surface area contributed by atoms with E-state index in [4.69, 9.17) is 0 Å². The Morgan fingerprint density at radius 3 is 2.35 bits per heavy atom. The van der Waals surface area contributed by atoms with Crippen molar-refractivity contribution in [2.24, 2.45) is 30.7 Å². The number of allylic oxidation sites excluding steroid dienone is 2. The fraction of sp³-hybridized carbons (Fsp3) is 0.353. The molecule has 2 fully saturated rings. The molecule has 23 heavy (non-hydrogen) atoms. The number of hydrogen-bond donors (Lipinski definition) is 0. The number of benzene rings is 1. The predicted molar refractivity (Wildman–Crippen MR) is 87.3 cm³/mol. The van der Waals surface area contributed by atoms with E-state index in [-0.39, 0.29) is 40.4 Å². The number of imide groups is 1. The van der Waals surface area contributed by atoms with Crippen LogP contribution in [-0.2, 0) is 16.6 Å². The minimum atomic E-state index is -0.192. The first-order valence-corrected chi connectivity index (χ1v) is 8.53. The fourth-order valence-electron chi connectivity index (χ4n) is 4.42. The molecule has 1 aromatic heterocycles. The third kappa shape index (κ3) is 1.54. The van der Waals surface area contributed by atoms with E-state index in [1.54, 1.807) is 23.7 Å². The van der Waals surface area contributed by atoms with Crippen molar-refractivity contribution in [3.63, 3.8) is 0 Å². The average Bonchev–Trinajstić information content (AvgIpc) is 3.25. The van der Waals surface area contributed by atoms with Crippen LogP contribution in [0.25, 0.3) is 10.2 Å². The lowest BCUT2D eigenvalue weighted by molar-refractivity contribution is -0.123. The van der Waals surface area contributed by atoms with Crippen molar-refractivity contribution >= 4 is 39.1 Å². The topological polar surface area (TPSA) is 59.4 Å². The number of thiazole rings is 1. The Morgan fingerprint density at radius 1 is 1.04 bits per heavy atom. The predicted octanol–water partition coefficient (Wildman–Crippen LogP) is 1.91. The molecule has 1 aromatic carbocycles. The van der Waals surface area contributed by atoms with Gasteiger partial charge in [-0.2, -0.15) is 0 Å². The minimum absolute atomic E-state index is 0.0460. The quantitative estimate of drug-likeness (QED) is 0.594. The highest BCUT2D eigenvalue weighted by atomic mass is 32.1. The van der Waals surface area contributed by atoms with Gasteiger partial charge in [0.1, 0.15) is 0 Å². The Hall–Kier alpha value is -2.21. The maximum atomic E-state index is 12.8. The lowest BCUT2D eigenvalue weighted by Gasteiger charge is -2.17. The molecule has 0 radical (unpaired) electrons. The first kappa shape index (κ1) is 13.2. The summed E-state index contributed by atoms with van der Waals surface area (Å²) in [6.45, 7) is 0. The Labute approximate surface area is 135 Å². The first-order chi connectivity index (χ1) is 11.1. The molecule has 2 aromatic rings. The number of amides is 2. The van der Waals surface area contributed by atoms with E-state index >= 15 is 0 Å². The SMILES string of the molecule is Cn1c(=O)sc2cc(N3C(=O)C4C5C=CC(C5)C4C3=O)ccc21. The molecule has 3 aliphatic rings. The molecule has 2 bridgehead atoms. The highest BCUT2D eigenvalue weighted by molar-refractivity contribution is 7.16. The highest BCUT2D eigenvalue weighted by Crippen LogP contribution is 2.53. The number of carbonyl (C=O) groups is 2. The Bertz CT molecular complexity index is 940. The second kappa shape index (κ2) is 4.20. The molecule has 0 N–H and O–H groups in total. The number of aromatic nitrogens is 1. The molecule has 5 rings (SSSR count). The molecule has 1 aliphatic heterocycles. The van der Waals surface area contributed by atoms with Gasteiger partial charge >= 0.3 is 4.87 Å². The molecule has 2 aliphatic carbocycles. The van der Waals surface area contributed by atoms with E-state index in [0.717, 1.165) is 28.0 Å². The largest absolute Gasteiger partial charge is 0.307 e. The van der Waals surface area contributed by atoms with E-state index in [9.17, 15) is 14.4 Å². The summed E-state index contributed by atoms with van der Waals surface area (Å²) in [5, 5.41) is 0. The average molecular weight is 326 g/mol. The molecule has 5 nitrogen and oxygen atoms in total. The van der Waals surface area contributed by atoms with Gasteiger partial charge in [0.2, 0.25) is 11.8 Å². The van der Waals surface area contributed by atoms with E-state index < -0.39 is 0 Å². The zero-order valence-electron chi connectivity index (χ0n) is 12.4. The maximum Gasteiger partial charge on any atom is 0.307 e. The Morgan fingerprint density at radius 2 is 1.70 bits per heavy atom. The third-order valence-electron chi connectivity index (χ3n) is 5.50. The zero-order chi connectivity index (χ0) is 15.9. The monoisotopic (exact) mass is 326 g/mol. The number of hydrogen-bond acceptors (Lipinski definition) is 4. The van der Waals surface area contributed by atoms with E-state index in [1.807, 2.05) is 6.07 Å². The van der Waals surface area contributed by atoms with Gasteiger partial charge in [-0.05, 0) is 36.5 Å². The molecule has 4 atom stereocenters. The molecular formula is C17H14N2O3S. The van der Waals surface area contributed by atoms with Gasteiger partial charge in [-0.15, -0.1) is 0 Å². The number of aryl methyl sites for hydroxylation is 1. The lowest BCUT2D eigenvalue weighted by atomic mass is 9.85. The second-order valence-corrected chi connectivity index (χ2v) is 7.58. The van der Waals surface area contributed by atoms with Crippen LogP contribution in [0.5, 0.6) is 0 Å². The molecule has 6 heteroatoms. The van der Waals surface area contributed by atoms with E-state index in [1.165, 1.54) is 4.90 Å². The van der Waals surface area contributed by atoms with Gasteiger partial charge in [0.05, 0.1) is 27.7 Å². The lowest BCUT2D eigenvalue weighted by Crippen LogP contribution is -2.32. The maximum absolute atomic E-state index is 12.8. The van der Waals surface area contributed by atoms with Crippen molar-refractivity contribution < 1.29 is 9.59 Å². The van der Waals surface area contributed by atoms with E-state index in [0.29, 0.717) is 5.69 Å².